The molecule has 3 rings (SSSR count). The summed E-state index contributed by atoms with van der Waals surface area (Å²) in [4.78, 5) is 2.39. The number of hydrogen-bond donors (Lipinski definition) is 1. The molecule has 0 radical (unpaired) electrons. The van der Waals surface area contributed by atoms with Crippen molar-refractivity contribution in [2.24, 2.45) is 0 Å². The van der Waals surface area contributed by atoms with Gasteiger partial charge in [-0.05, 0) is 36.2 Å². The molecule has 1 unspecified atom stereocenters. The Morgan fingerprint density at radius 1 is 1.40 bits per heavy atom. The van der Waals surface area contributed by atoms with Gasteiger partial charge in [0.15, 0.2) is 0 Å². The van der Waals surface area contributed by atoms with E-state index in [2.05, 4.69) is 48.4 Å². The Kier molecular flexibility index (Phi) is 3.82. The summed E-state index contributed by atoms with van der Waals surface area (Å²) >= 11 is 1.80. The van der Waals surface area contributed by atoms with E-state index in [9.17, 15) is 5.11 Å². The summed E-state index contributed by atoms with van der Waals surface area (Å²) in [5, 5.41) is 13.0. The number of aliphatic hydroxyl groups is 1. The van der Waals surface area contributed by atoms with E-state index in [0.717, 1.165) is 19.6 Å². The number of aliphatic hydroxyl groups excluding tert-OH is 1. The number of thiophene rings is 1. The van der Waals surface area contributed by atoms with Crippen molar-refractivity contribution in [3.05, 3.63) is 35.2 Å². The largest absolute Gasteiger partial charge is 0.394 e. The molecule has 1 N–H and O–H groups in total. The van der Waals surface area contributed by atoms with Gasteiger partial charge in [-0.25, -0.2) is 0 Å². The monoisotopic (exact) mass is 291 g/mol. The molecule has 4 heteroatoms. The third kappa shape index (κ3) is 2.88. The highest BCUT2D eigenvalue weighted by molar-refractivity contribution is 7.17. The number of hydrogen-bond acceptors (Lipinski definition) is 4. The van der Waals surface area contributed by atoms with Crippen molar-refractivity contribution in [3.8, 4) is 0 Å². The third-order valence-corrected chi connectivity index (χ3v) is 4.72. The van der Waals surface area contributed by atoms with Crippen molar-refractivity contribution in [2.45, 2.75) is 32.1 Å². The van der Waals surface area contributed by atoms with Crippen LogP contribution in [0.5, 0.6) is 0 Å². The molecule has 1 aliphatic rings. The topological polar surface area (TPSA) is 32.7 Å². The van der Waals surface area contributed by atoms with Crippen LogP contribution in [0.1, 0.15) is 19.4 Å². The molecule has 1 aliphatic heterocycles. The fraction of sp³-hybridized carbons (Fsp3) is 0.500. The predicted molar refractivity (Wildman–Crippen MR) is 83.1 cm³/mol. The summed E-state index contributed by atoms with van der Waals surface area (Å²) in [6.07, 6.45) is -0.0800. The number of morpholine rings is 1. The SMILES string of the molecule is CC1(C)CN(Cc2csc3ccccc23)CC(CO)O1. The molecule has 1 aromatic carbocycles. The molecule has 0 bridgehead atoms. The zero-order valence-electron chi connectivity index (χ0n) is 12.0. The molecule has 20 heavy (non-hydrogen) atoms. The standard InChI is InChI=1S/C16H21NO2S/c1-16(2)11-17(8-13(9-18)19-16)7-12-10-20-15-6-4-3-5-14(12)15/h3-6,10,13,18H,7-9,11H2,1-2H3. The number of benzene rings is 1. The molecule has 0 spiro atoms. The molecule has 3 nitrogen and oxygen atoms in total. The van der Waals surface area contributed by atoms with E-state index in [4.69, 9.17) is 4.74 Å². The van der Waals surface area contributed by atoms with Crippen molar-refractivity contribution in [3.63, 3.8) is 0 Å². The molecule has 2 heterocycles. The van der Waals surface area contributed by atoms with Gasteiger partial charge in [0, 0.05) is 24.3 Å². The lowest BCUT2D eigenvalue weighted by Gasteiger charge is -2.42. The third-order valence-electron chi connectivity index (χ3n) is 3.71. The second kappa shape index (κ2) is 5.45. The molecule has 0 amide bonds. The fourth-order valence-electron chi connectivity index (χ4n) is 3.03. The van der Waals surface area contributed by atoms with Crippen LogP contribution in [-0.4, -0.2) is 41.4 Å². The summed E-state index contributed by atoms with van der Waals surface area (Å²) in [7, 11) is 0. The summed E-state index contributed by atoms with van der Waals surface area (Å²) in [5.74, 6) is 0. The van der Waals surface area contributed by atoms with Gasteiger partial charge in [-0.2, -0.15) is 0 Å². The second-order valence-corrected chi connectivity index (χ2v) is 7.02. The molecule has 1 aromatic heterocycles. The zero-order chi connectivity index (χ0) is 14.2. The Hall–Kier alpha value is -0.940. The minimum absolute atomic E-state index is 0.0800. The van der Waals surface area contributed by atoms with Crippen LogP contribution in [0.2, 0.25) is 0 Å². The number of rotatable bonds is 3. The Labute approximate surface area is 123 Å². The summed E-state index contributed by atoms with van der Waals surface area (Å²) in [5.41, 5.74) is 1.18. The maximum Gasteiger partial charge on any atom is 0.0940 e. The number of fused-ring (bicyclic) bond motifs is 1. The maximum absolute atomic E-state index is 9.39. The van der Waals surface area contributed by atoms with Gasteiger partial charge in [-0.15, -0.1) is 11.3 Å². The molecule has 1 fully saturated rings. The quantitative estimate of drug-likeness (QED) is 0.944. The smallest absolute Gasteiger partial charge is 0.0940 e. The van der Waals surface area contributed by atoms with E-state index < -0.39 is 0 Å². The van der Waals surface area contributed by atoms with Gasteiger partial charge in [0.25, 0.3) is 0 Å². The second-order valence-electron chi connectivity index (χ2n) is 6.11. The van der Waals surface area contributed by atoms with Crippen LogP contribution in [0.15, 0.2) is 29.6 Å². The molecule has 108 valence electrons. The summed E-state index contributed by atoms with van der Waals surface area (Å²) < 4.78 is 7.21. The molecule has 0 aliphatic carbocycles. The first-order chi connectivity index (χ1) is 9.57. The Morgan fingerprint density at radius 3 is 3.00 bits per heavy atom. The van der Waals surface area contributed by atoms with Crippen molar-refractivity contribution in [1.29, 1.82) is 0 Å². The Morgan fingerprint density at radius 2 is 2.20 bits per heavy atom. The minimum Gasteiger partial charge on any atom is -0.394 e. The lowest BCUT2D eigenvalue weighted by Crippen LogP contribution is -2.53. The molecular weight excluding hydrogens is 270 g/mol. The van der Waals surface area contributed by atoms with E-state index in [1.807, 2.05) is 0 Å². The zero-order valence-corrected chi connectivity index (χ0v) is 12.8. The summed E-state index contributed by atoms with van der Waals surface area (Å²) in [6, 6.07) is 8.54. The van der Waals surface area contributed by atoms with E-state index in [1.54, 1.807) is 11.3 Å². The minimum atomic E-state index is -0.197. The van der Waals surface area contributed by atoms with Crippen molar-refractivity contribution in [1.82, 2.24) is 4.90 Å². The lowest BCUT2D eigenvalue weighted by atomic mass is 10.0. The Balaban J connectivity index is 1.80. The van der Waals surface area contributed by atoms with Gasteiger partial charge in [0.2, 0.25) is 0 Å². The van der Waals surface area contributed by atoms with Crippen LogP contribution >= 0.6 is 11.3 Å². The first kappa shape index (κ1) is 14.0. The average molecular weight is 291 g/mol. The van der Waals surface area contributed by atoms with Gasteiger partial charge in [0.05, 0.1) is 18.3 Å². The maximum atomic E-state index is 9.39. The van der Waals surface area contributed by atoms with Crippen LogP contribution in [0.25, 0.3) is 10.1 Å². The van der Waals surface area contributed by atoms with Crippen LogP contribution in [0.4, 0.5) is 0 Å². The molecule has 1 atom stereocenters. The first-order valence-electron chi connectivity index (χ1n) is 7.03. The van der Waals surface area contributed by atoms with Crippen molar-refractivity contribution >= 4 is 21.4 Å². The molecular formula is C16H21NO2S. The van der Waals surface area contributed by atoms with Gasteiger partial charge in [0.1, 0.15) is 0 Å². The van der Waals surface area contributed by atoms with Gasteiger partial charge < -0.3 is 9.84 Å². The van der Waals surface area contributed by atoms with Gasteiger partial charge >= 0.3 is 0 Å². The van der Waals surface area contributed by atoms with E-state index in [0.29, 0.717) is 0 Å². The number of ether oxygens (including phenoxy) is 1. The average Bonchev–Trinajstić information content (AvgIpc) is 2.80. The van der Waals surface area contributed by atoms with E-state index >= 15 is 0 Å². The highest BCUT2D eigenvalue weighted by Gasteiger charge is 2.33. The Bertz CT molecular complexity index is 593. The molecule has 2 aromatic rings. The normalized spacial score (nSPS) is 23.2. The summed E-state index contributed by atoms with van der Waals surface area (Å²) in [6.45, 7) is 6.89. The van der Waals surface area contributed by atoms with Crippen LogP contribution in [-0.2, 0) is 11.3 Å². The van der Waals surface area contributed by atoms with E-state index in [1.165, 1.54) is 15.6 Å². The van der Waals surface area contributed by atoms with Crippen molar-refractivity contribution < 1.29 is 9.84 Å². The highest BCUT2D eigenvalue weighted by atomic mass is 32.1. The predicted octanol–water partition coefficient (Wildman–Crippen LogP) is 2.87. The van der Waals surface area contributed by atoms with Crippen LogP contribution in [0, 0.1) is 0 Å². The van der Waals surface area contributed by atoms with Gasteiger partial charge in [-0.3, -0.25) is 4.90 Å². The van der Waals surface area contributed by atoms with Crippen LogP contribution in [0.3, 0.4) is 0 Å². The lowest BCUT2D eigenvalue weighted by molar-refractivity contribution is -0.150. The van der Waals surface area contributed by atoms with Gasteiger partial charge in [-0.1, -0.05) is 18.2 Å². The van der Waals surface area contributed by atoms with Crippen molar-refractivity contribution in [2.75, 3.05) is 19.7 Å². The fourth-order valence-corrected chi connectivity index (χ4v) is 3.98. The molecule has 1 saturated heterocycles. The first-order valence-corrected chi connectivity index (χ1v) is 7.91. The van der Waals surface area contributed by atoms with E-state index in [-0.39, 0.29) is 18.3 Å². The highest BCUT2D eigenvalue weighted by Crippen LogP contribution is 2.29. The van der Waals surface area contributed by atoms with Crippen LogP contribution < -0.4 is 0 Å². The molecule has 0 saturated carbocycles. The number of nitrogens with zero attached hydrogens (tertiary/aromatic N) is 1.